The molecule has 2 aromatic rings. The second kappa shape index (κ2) is 7.04. The predicted molar refractivity (Wildman–Crippen MR) is 78.6 cm³/mol. The summed E-state index contributed by atoms with van der Waals surface area (Å²) in [7, 11) is 0. The van der Waals surface area contributed by atoms with Crippen molar-refractivity contribution in [2.75, 3.05) is 23.4 Å². The standard InChI is InChI=1S/C13H18N4OS/c1-3-5-14-11-7-12(17-13(16-11)19-2)15-8-10-4-6-18-9-10/h4,6-7,9H,3,5,8H2,1-2H3,(H2,14,15,16,17). The highest BCUT2D eigenvalue weighted by Crippen LogP contribution is 2.18. The SMILES string of the molecule is CCCNc1cc(NCc2ccoc2)nc(SC)n1. The van der Waals surface area contributed by atoms with Crippen molar-refractivity contribution in [1.82, 2.24) is 9.97 Å². The van der Waals surface area contributed by atoms with Crippen molar-refractivity contribution in [2.24, 2.45) is 0 Å². The largest absolute Gasteiger partial charge is 0.472 e. The molecule has 0 aliphatic rings. The van der Waals surface area contributed by atoms with Crippen LogP contribution in [0.3, 0.4) is 0 Å². The molecule has 6 heteroatoms. The fourth-order valence-corrected chi connectivity index (χ4v) is 1.92. The lowest BCUT2D eigenvalue weighted by Crippen LogP contribution is -2.06. The molecule has 2 rings (SSSR count). The van der Waals surface area contributed by atoms with Crippen molar-refractivity contribution in [3.05, 3.63) is 30.2 Å². The van der Waals surface area contributed by atoms with Crippen LogP contribution in [-0.2, 0) is 6.54 Å². The highest BCUT2D eigenvalue weighted by atomic mass is 32.2. The minimum Gasteiger partial charge on any atom is -0.472 e. The summed E-state index contributed by atoms with van der Waals surface area (Å²) in [5, 5.41) is 7.31. The number of anilines is 2. The second-order valence-electron chi connectivity index (χ2n) is 4.04. The first-order valence-corrected chi connectivity index (χ1v) is 7.46. The molecule has 0 aliphatic carbocycles. The van der Waals surface area contributed by atoms with Crippen molar-refractivity contribution in [1.29, 1.82) is 0 Å². The van der Waals surface area contributed by atoms with Crippen molar-refractivity contribution >= 4 is 23.4 Å². The van der Waals surface area contributed by atoms with Gasteiger partial charge in [-0.3, -0.25) is 0 Å². The molecule has 0 bridgehead atoms. The second-order valence-corrected chi connectivity index (χ2v) is 4.81. The molecule has 19 heavy (non-hydrogen) atoms. The summed E-state index contributed by atoms with van der Waals surface area (Å²) in [5.74, 6) is 1.68. The van der Waals surface area contributed by atoms with Crippen LogP contribution in [0.1, 0.15) is 18.9 Å². The van der Waals surface area contributed by atoms with Gasteiger partial charge in [-0.25, -0.2) is 9.97 Å². The Hall–Kier alpha value is -1.69. The molecule has 0 radical (unpaired) electrons. The minimum absolute atomic E-state index is 0.689. The third-order valence-corrected chi connectivity index (χ3v) is 3.05. The van der Waals surface area contributed by atoms with Crippen LogP contribution >= 0.6 is 11.8 Å². The Morgan fingerprint density at radius 2 is 2.05 bits per heavy atom. The van der Waals surface area contributed by atoms with E-state index in [1.165, 1.54) is 11.8 Å². The molecule has 0 saturated carbocycles. The summed E-state index contributed by atoms with van der Waals surface area (Å²) in [6.45, 7) is 3.72. The smallest absolute Gasteiger partial charge is 0.191 e. The monoisotopic (exact) mass is 278 g/mol. The van der Waals surface area contributed by atoms with Crippen LogP contribution in [0.15, 0.2) is 34.2 Å². The van der Waals surface area contributed by atoms with Gasteiger partial charge in [0.1, 0.15) is 11.6 Å². The van der Waals surface area contributed by atoms with E-state index in [-0.39, 0.29) is 0 Å². The topological polar surface area (TPSA) is 63.0 Å². The van der Waals surface area contributed by atoms with Crippen molar-refractivity contribution < 1.29 is 4.42 Å². The van der Waals surface area contributed by atoms with Gasteiger partial charge in [-0.2, -0.15) is 0 Å². The summed E-state index contributed by atoms with van der Waals surface area (Å²) in [6.07, 6.45) is 6.42. The molecule has 0 fully saturated rings. The highest BCUT2D eigenvalue weighted by molar-refractivity contribution is 7.98. The fraction of sp³-hybridized carbons (Fsp3) is 0.385. The third-order valence-electron chi connectivity index (χ3n) is 2.50. The highest BCUT2D eigenvalue weighted by Gasteiger charge is 2.04. The van der Waals surface area contributed by atoms with Gasteiger partial charge in [0.15, 0.2) is 5.16 Å². The lowest BCUT2D eigenvalue weighted by Gasteiger charge is -2.09. The average molecular weight is 278 g/mol. The van der Waals surface area contributed by atoms with E-state index in [1.807, 2.05) is 18.4 Å². The van der Waals surface area contributed by atoms with Gasteiger partial charge in [-0.15, -0.1) is 0 Å². The number of furan rings is 1. The lowest BCUT2D eigenvalue weighted by molar-refractivity contribution is 0.564. The third kappa shape index (κ3) is 4.17. The van der Waals surface area contributed by atoms with Gasteiger partial charge in [0.25, 0.3) is 0 Å². The van der Waals surface area contributed by atoms with Gasteiger partial charge in [-0.05, 0) is 18.7 Å². The minimum atomic E-state index is 0.689. The van der Waals surface area contributed by atoms with Crippen LogP contribution in [0, 0.1) is 0 Å². The molecule has 0 unspecified atom stereocenters. The van der Waals surface area contributed by atoms with Gasteiger partial charge in [0.2, 0.25) is 0 Å². The maximum atomic E-state index is 5.04. The molecule has 0 amide bonds. The van der Waals surface area contributed by atoms with Gasteiger partial charge in [0, 0.05) is 24.7 Å². The van der Waals surface area contributed by atoms with Crippen LogP contribution in [0.25, 0.3) is 0 Å². The van der Waals surface area contributed by atoms with E-state index in [9.17, 15) is 0 Å². The number of nitrogens with zero attached hydrogens (tertiary/aromatic N) is 2. The summed E-state index contributed by atoms with van der Waals surface area (Å²) in [4.78, 5) is 8.85. The van der Waals surface area contributed by atoms with Crippen molar-refractivity contribution in [3.63, 3.8) is 0 Å². The van der Waals surface area contributed by atoms with E-state index in [0.29, 0.717) is 6.54 Å². The van der Waals surface area contributed by atoms with Crippen molar-refractivity contribution in [3.8, 4) is 0 Å². The molecule has 2 aromatic heterocycles. The van der Waals surface area contributed by atoms with Gasteiger partial charge < -0.3 is 15.1 Å². The molecule has 0 spiro atoms. The summed E-state index contributed by atoms with van der Waals surface area (Å²) < 4.78 is 5.04. The zero-order valence-electron chi connectivity index (χ0n) is 11.1. The van der Waals surface area contributed by atoms with Crippen LogP contribution in [0.5, 0.6) is 0 Å². The Labute approximate surface area is 117 Å². The number of hydrogen-bond donors (Lipinski definition) is 2. The van der Waals surface area contributed by atoms with Gasteiger partial charge in [-0.1, -0.05) is 18.7 Å². The Morgan fingerprint density at radius 1 is 1.26 bits per heavy atom. The average Bonchev–Trinajstić information content (AvgIpc) is 2.96. The molecule has 0 saturated heterocycles. The number of rotatable bonds is 7. The number of aromatic nitrogens is 2. The maximum Gasteiger partial charge on any atom is 0.191 e. The molecule has 0 aromatic carbocycles. The summed E-state index contributed by atoms with van der Waals surface area (Å²) in [6, 6.07) is 3.86. The number of hydrogen-bond acceptors (Lipinski definition) is 6. The van der Waals surface area contributed by atoms with Crippen LogP contribution in [0.4, 0.5) is 11.6 Å². The van der Waals surface area contributed by atoms with Crippen LogP contribution in [0.2, 0.25) is 0 Å². The van der Waals surface area contributed by atoms with Crippen molar-refractivity contribution in [2.45, 2.75) is 25.0 Å². The first kappa shape index (κ1) is 13.7. The Kier molecular flexibility index (Phi) is 5.09. The summed E-state index contributed by atoms with van der Waals surface area (Å²) in [5.41, 5.74) is 1.09. The lowest BCUT2D eigenvalue weighted by atomic mass is 10.3. The van der Waals surface area contributed by atoms with Gasteiger partial charge in [0.05, 0.1) is 12.5 Å². The van der Waals surface area contributed by atoms with E-state index in [0.717, 1.165) is 35.3 Å². The zero-order chi connectivity index (χ0) is 13.5. The molecular weight excluding hydrogens is 260 g/mol. The molecule has 102 valence electrons. The Bertz CT molecular complexity index is 501. The quantitative estimate of drug-likeness (QED) is 0.599. The predicted octanol–water partition coefficient (Wildman–Crippen LogP) is 3.23. The van der Waals surface area contributed by atoms with E-state index in [4.69, 9.17) is 4.42 Å². The molecule has 0 atom stereocenters. The van der Waals surface area contributed by atoms with Crippen LogP contribution < -0.4 is 10.6 Å². The van der Waals surface area contributed by atoms with Gasteiger partial charge >= 0.3 is 0 Å². The van der Waals surface area contributed by atoms with E-state index in [1.54, 1.807) is 12.5 Å². The van der Waals surface area contributed by atoms with E-state index < -0.39 is 0 Å². The fourth-order valence-electron chi connectivity index (χ4n) is 1.54. The number of nitrogens with one attached hydrogen (secondary N) is 2. The Morgan fingerprint density at radius 3 is 2.68 bits per heavy atom. The molecule has 2 N–H and O–H groups in total. The first-order valence-electron chi connectivity index (χ1n) is 6.23. The zero-order valence-corrected chi connectivity index (χ0v) is 12.0. The molecule has 2 heterocycles. The Balaban J connectivity index is 2.05. The maximum absolute atomic E-state index is 5.04. The first-order chi connectivity index (χ1) is 9.31. The molecular formula is C13H18N4OS. The van der Waals surface area contributed by atoms with E-state index in [2.05, 4.69) is 27.5 Å². The molecule has 5 nitrogen and oxygen atoms in total. The normalized spacial score (nSPS) is 10.4. The summed E-state index contributed by atoms with van der Waals surface area (Å²) >= 11 is 1.53. The van der Waals surface area contributed by atoms with E-state index >= 15 is 0 Å². The van der Waals surface area contributed by atoms with Crippen LogP contribution in [-0.4, -0.2) is 22.8 Å². The molecule has 0 aliphatic heterocycles. The number of thioether (sulfide) groups is 1.